The summed E-state index contributed by atoms with van der Waals surface area (Å²) in [4.78, 5) is 17.0. The number of halogens is 2. The fourth-order valence-corrected chi connectivity index (χ4v) is 2.92. The first-order valence-electron chi connectivity index (χ1n) is 8.87. The Kier molecular flexibility index (Phi) is 4.87. The summed E-state index contributed by atoms with van der Waals surface area (Å²) in [6.45, 7) is 1.91. The highest BCUT2D eigenvalue weighted by Gasteiger charge is 2.20. The van der Waals surface area contributed by atoms with Gasteiger partial charge in [0.1, 0.15) is 11.6 Å². The monoisotopic (exact) mass is 390 g/mol. The van der Waals surface area contributed by atoms with Crippen LogP contribution in [0.4, 0.5) is 14.5 Å². The van der Waals surface area contributed by atoms with Crippen molar-refractivity contribution >= 4 is 11.6 Å². The second-order valence-corrected chi connectivity index (χ2v) is 6.43. The lowest BCUT2D eigenvalue weighted by Gasteiger charge is -2.08. The third-order valence-corrected chi connectivity index (χ3v) is 4.34. The summed E-state index contributed by atoms with van der Waals surface area (Å²) >= 11 is 0. The third-order valence-electron chi connectivity index (χ3n) is 4.34. The predicted molar refractivity (Wildman–Crippen MR) is 106 cm³/mol. The van der Waals surface area contributed by atoms with Gasteiger partial charge in [-0.2, -0.15) is 0 Å². The van der Waals surface area contributed by atoms with E-state index in [1.54, 1.807) is 22.9 Å². The molecule has 0 aliphatic carbocycles. The number of rotatable bonds is 4. The van der Waals surface area contributed by atoms with Gasteiger partial charge in [-0.25, -0.2) is 18.4 Å². The minimum absolute atomic E-state index is 0.0863. The fraction of sp³-hybridized carbons (Fsp3) is 0.0455. The molecule has 0 atom stereocenters. The number of carbonyl (C=O) groups excluding carboxylic acids is 1. The number of nitrogens with zero attached hydrogens (tertiary/aromatic N) is 3. The second kappa shape index (κ2) is 7.63. The number of aryl methyl sites for hydroxylation is 1. The van der Waals surface area contributed by atoms with E-state index >= 15 is 0 Å². The number of amides is 1. The van der Waals surface area contributed by atoms with Gasteiger partial charge in [0, 0.05) is 11.3 Å². The van der Waals surface area contributed by atoms with E-state index < -0.39 is 11.7 Å². The molecule has 0 saturated heterocycles. The largest absolute Gasteiger partial charge is 0.319 e. The predicted octanol–water partition coefficient (Wildman–Crippen LogP) is 4.77. The number of nitrogens with one attached hydrogen (secondary N) is 1. The van der Waals surface area contributed by atoms with Gasteiger partial charge < -0.3 is 5.32 Å². The molecular weight excluding hydrogens is 374 g/mol. The molecule has 29 heavy (non-hydrogen) atoms. The number of carbonyl (C=O) groups is 1. The molecule has 0 aliphatic heterocycles. The highest BCUT2D eigenvalue weighted by atomic mass is 19.1. The van der Waals surface area contributed by atoms with Crippen molar-refractivity contribution in [1.82, 2.24) is 14.8 Å². The van der Waals surface area contributed by atoms with E-state index in [4.69, 9.17) is 0 Å². The minimum Gasteiger partial charge on any atom is -0.319 e. The highest BCUT2D eigenvalue weighted by molar-refractivity contribution is 6.01. The van der Waals surface area contributed by atoms with Crippen molar-refractivity contribution in [3.63, 3.8) is 0 Å². The van der Waals surface area contributed by atoms with Gasteiger partial charge in [-0.1, -0.05) is 24.3 Å². The third kappa shape index (κ3) is 3.89. The smallest absolute Gasteiger partial charge is 0.295 e. The first-order chi connectivity index (χ1) is 14.0. The Labute approximate surface area is 165 Å². The molecule has 0 saturated carbocycles. The van der Waals surface area contributed by atoms with Crippen molar-refractivity contribution < 1.29 is 13.6 Å². The SMILES string of the molecule is Cc1ccccc1-n1nc(C(=O)Nc2cccc(F)c2)nc1-c1ccc(F)cc1. The lowest BCUT2D eigenvalue weighted by atomic mass is 10.1. The van der Waals surface area contributed by atoms with Crippen LogP contribution in [0, 0.1) is 18.6 Å². The van der Waals surface area contributed by atoms with Gasteiger partial charge in [0.2, 0.25) is 5.82 Å². The maximum absolute atomic E-state index is 13.4. The molecule has 1 aromatic heterocycles. The lowest BCUT2D eigenvalue weighted by Crippen LogP contribution is -2.14. The number of hydrogen-bond acceptors (Lipinski definition) is 3. The van der Waals surface area contributed by atoms with Gasteiger partial charge in [-0.3, -0.25) is 4.79 Å². The Morgan fingerprint density at radius 3 is 2.41 bits per heavy atom. The van der Waals surface area contributed by atoms with Crippen LogP contribution >= 0.6 is 0 Å². The lowest BCUT2D eigenvalue weighted by molar-refractivity contribution is 0.101. The molecule has 5 nitrogen and oxygen atoms in total. The molecule has 144 valence electrons. The molecule has 0 bridgehead atoms. The van der Waals surface area contributed by atoms with E-state index in [-0.39, 0.29) is 11.6 Å². The van der Waals surface area contributed by atoms with Gasteiger partial charge >= 0.3 is 0 Å². The van der Waals surface area contributed by atoms with Crippen LogP contribution in [0.25, 0.3) is 17.1 Å². The van der Waals surface area contributed by atoms with E-state index in [0.717, 1.165) is 11.3 Å². The standard InChI is InChI=1S/C22H16F2N4O/c1-14-5-2-3-8-19(14)28-21(15-9-11-16(23)12-10-15)26-20(27-28)22(29)25-18-7-4-6-17(24)13-18/h2-13H,1H3,(H,25,29). The van der Waals surface area contributed by atoms with Crippen molar-refractivity contribution in [2.75, 3.05) is 5.32 Å². The number of hydrogen-bond donors (Lipinski definition) is 1. The molecule has 0 fully saturated rings. The Balaban J connectivity index is 1.78. The van der Waals surface area contributed by atoms with Crippen LogP contribution < -0.4 is 5.32 Å². The van der Waals surface area contributed by atoms with Crippen LogP contribution in [0.5, 0.6) is 0 Å². The molecule has 3 aromatic carbocycles. The highest BCUT2D eigenvalue weighted by Crippen LogP contribution is 2.24. The van der Waals surface area contributed by atoms with Crippen molar-refractivity contribution in [3.8, 4) is 17.1 Å². The van der Waals surface area contributed by atoms with Crippen molar-refractivity contribution in [2.24, 2.45) is 0 Å². The van der Waals surface area contributed by atoms with E-state index in [1.807, 2.05) is 31.2 Å². The molecule has 1 amide bonds. The summed E-state index contributed by atoms with van der Waals surface area (Å²) in [5.74, 6) is -1.11. The molecule has 0 spiro atoms. The summed E-state index contributed by atoms with van der Waals surface area (Å²) in [5.41, 5.74) is 2.57. The van der Waals surface area contributed by atoms with Gasteiger partial charge in [-0.05, 0) is 61.0 Å². The van der Waals surface area contributed by atoms with Gasteiger partial charge in [0.15, 0.2) is 5.82 Å². The van der Waals surface area contributed by atoms with Crippen LogP contribution in [-0.2, 0) is 0 Å². The van der Waals surface area contributed by atoms with E-state index in [9.17, 15) is 13.6 Å². The summed E-state index contributed by atoms with van der Waals surface area (Å²) in [6.07, 6.45) is 0. The summed E-state index contributed by atoms with van der Waals surface area (Å²) in [5, 5.41) is 6.95. The van der Waals surface area contributed by atoms with E-state index in [1.165, 1.54) is 30.3 Å². The Morgan fingerprint density at radius 2 is 1.69 bits per heavy atom. The van der Waals surface area contributed by atoms with Crippen LogP contribution in [0.2, 0.25) is 0 Å². The molecule has 1 heterocycles. The molecule has 0 radical (unpaired) electrons. The normalized spacial score (nSPS) is 10.7. The number of benzene rings is 3. The van der Waals surface area contributed by atoms with Gasteiger partial charge in [0.05, 0.1) is 5.69 Å². The van der Waals surface area contributed by atoms with Crippen molar-refractivity contribution in [2.45, 2.75) is 6.92 Å². The van der Waals surface area contributed by atoms with Crippen LogP contribution in [0.3, 0.4) is 0 Å². The number of para-hydroxylation sites is 1. The molecule has 4 rings (SSSR count). The van der Waals surface area contributed by atoms with Crippen molar-refractivity contribution in [1.29, 1.82) is 0 Å². The zero-order valence-corrected chi connectivity index (χ0v) is 15.4. The quantitative estimate of drug-likeness (QED) is 0.546. The van der Waals surface area contributed by atoms with E-state index in [2.05, 4.69) is 15.4 Å². The average molecular weight is 390 g/mol. The van der Waals surface area contributed by atoms with E-state index in [0.29, 0.717) is 17.1 Å². The topological polar surface area (TPSA) is 59.8 Å². The maximum Gasteiger partial charge on any atom is 0.295 e. The zero-order valence-electron chi connectivity index (χ0n) is 15.4. The Bertz CT molecular complexity index is 1190. The van der Waals surface area contributed by atoms with Crippen LogP contribution in [0.15, 0.2) is 72.8 Å². The molecule has 7 heteroatoms. The summed E-state index contributed by atoms with van der Waals surface area (Å²) in [6, 6.07) is 18.8. The average Bonchev–Trinajstić information content (AvgIpc) is 3.14. The van der Waals surface area contributed by atoms with Gasteiger partial charge in [-0.15, -0.1) is 5.10 Å². The zero-order chi connectivity index (χ0) is 20.4. The first kappa shape index (κ1) is 18.5. The first-order valence-corrected chi connectivity index (χ1v) is 8.87. The summed E-state index contributed by atoms with van der Waals surface area (Å²) < 4.78 is 28.3. The Hall–Kier alpha value is -3.87. The maximum atomic E-state index is 13.4. The van der Waals surface area contributed by atoms with Crippen LogP contribution in [-0.4, -0.2) is 20.7 Å². The molecule has 0 unspecified atom stereocenters. The molecule has 4 aromatic rings. The number of anilines is 1. The minimum atomic E-state index is -0.578. The Morgan fingerprint density at radius 1 is 0.931 bits per heavy atom. The van der Waals surface area contributed by atoms with Crippen molar-refractivity contribution in [3.05, 3.63) is 95.8 Å². The van der Waals surface area contributed by atoms with Gasteiger partial charge in [0.25, 0.3) is 5.91 Å². The fourth-order valence-electron chi connectivity index (χ4n) is 2.92. The summed E-state index contributed by atoms with van der Waals surface area (Å²) in [7, 11) is 0. The number of aromatic nitrogens is 3. The van der Waals surface area contributed by atoms with Crippen LogP contribution in [0.1, 0.15) is 16.2 Å². The molecule has 0 aliphatic rings. The molecule has 1 N–H and O–H groups in total. The second-order valence-electron chi connectivity index (χ2n) is 6.43. The molecular formula is C22H16F2N4O.